The van der Waals surface area contributed by atoms with Gasteiger partial charge in [-0.3, -0.25) is 0 Å². The molecule has 10 aromatic rings. The van der Waals surface area contributed by atoms with Crippen molar-refractivity contribution in [2.75, 3.05) is 0 Å². The van der Waals surface area contributed by atoms with E-state index in [1.807, 2.05) is 11.3 Å². The minimum atomic E-state index is 0.574. The highest BCUT2D eigenvalue weighted by molar-refractivity contribution is 8.00. The van der Waals surface area contributed by atoms with Crippen LogP contribution in [0.3, 0.4) is 0 Å². The molecule has 0 bridgehead atoms. The van der Waals surface area contributed by atoms with Crippen LogP contribution >= 0.6 is 23.1 Å². The van der Waals surface area contributed by atoms with Crippen molar-refractivity contribution >= 4 is 77.2 Å². The summed E-state index contributed by atoms with van der Waals surface area (Å²) >= 11 is 4.03. The first-order chi connectivity index (χ1) is 26.3. The maximum absolute atomic E-state index is 2.41. The van der Waals surface area contributed by atoms with Gasteiger partial charge in [0.1, 0.15) is 0 Å². The molecule has 2 aromatic heterocycles. The summed E-state index contributed by atoms with van der Waals surface area (Å²) in [6.45, 7) is 0. The Bertz CT molecular complexity index is 2950. The molecular formula is C50H35NS2. The normalized spacial score (nSPS) is 16.1. The smallest absolute Gasteiger partial charge is 0.0541 e. The molecule has 11 rings (SSSR count). The quantitative estimate of drug-likeness (QED) is 0.161. The van der Waals surface area contributed by atoms with Crippen molar-refractivity contribution in [2.24, 2.45) is 0 Å². The lowest BCUT2D eigenvalue weighted by molar-refractivity contribution is 0.771. The van der Waals surface area contributed by atoms with Crippen LogP contribution in [0.1, 0.15) is 33.8 Å². The summed E-state index contributed by atoms with van der Waals surface area (Å²) in [7, 11) is 0. The SMILES string of the molecule is c1ccc(-n2c3ccccc3c3cc(-c4ccc5c6ccc(-c7ccc(C8CCC(c9cccs9)S8)cc7)cc6c6ccccc6c5c4)ccc32)cc1. The third kappa shape index (κ3) is 5.14. The predicted molar refractivity (Wildman–Crippen MR) is 231 cm³/mol. The van der Waals surface area contributed by atoms with Gasteiger partial charge in [-0.1, -0.05) is 121 Å². The molecule has 2 atom stereocenters. The number of fused-ring (bicyclic) bond motifs is 9. The van der Waals surface area contributed by atoms with Crippen LogP contribution in [0.5, 0.6) is 0 Å². The average Bonchev–Trinajstić information content (AvgIpc) is 4.01. The molecule has 8 aromatic carbocycles. The van der Waals surface area contributed by atoms with Crippen LogP contribution in [0.15, 0.2) is 175 Å². The van der Waals surface area contributed by atoms with Crippen LogP contribution in [0, 0.1) is 0 Å². The number of nitrogens with zero attached hydrogens (tertiary/aromatic N) is 1. The fourth-order valence-corrected chi connectivity index (χ4v) is 11.3. The van der Waals surface area contributed by atoms with Gasteiger partial charge in [-0.15, -0.1) is 23.1 Å². The van der Waals surface area contributed by atoms with Crippen molar-refractivity contribution in [1.82, 2.24) is 4.57 Å². The molecule has 0 saturated carbocycles. The molecule has 1 nitrogen and oxygen atoms in total. The molecule has 2 unspecified atom stereocenters. The van der Waals surface area contributed by atoms with E-state index in [0.29, 0.717) is 10.5 Å². The van der Waals surface area contributed by atoms with Crippen molar-refractivity contribution < 1.29 is 0 Å². The van der Waals surface area contributed by atoms with E-state index in [4.69, 9.17) is 0 Å². The van der Waals surface area contributed by atoms with Gasteiger partial charge >= 0.3 is 0 Å². The lowest BCUT2D eigenvalue weighted by Gasteiger charge is -2.14. The Morgan fingerprint density at radius 3 is 1.64 bits per heavy atom. The minimum Gasteiger partial charge on any atom is -0.309 e. The standard InChI is InChI=1S/C50H35NS2/c1-2-9-37(10-3-1)51-46-14-7-6-13-42(46)45-31-36(22-25-47(45)51)35-21-24-41-40-23-20-34(29-43(40)38-11-4-5-12-39(38)44(41)30-35)32-16-18-33(19-17-32)48-26-27-50(53-48)49-15-8-28-52-49/h1-25,28-31,48,50H,26-27H2. The Balaban J connectivity index is 0.982. The van der Waals surface area contributed by atoms with Gasteiger partial charge in [-0.05, 0) is 127 Å². The molecule has 0 spiro atoms. The molecule has 1 aliphatic rings. The highest BCUT2D eigenvalue weighted by Crippen LogP contribution is 2.53. The lowest BCUT2D eigenvalue weighted by atomic mass is 9.90. The second-order valence-corrected chi connectivity index (χ2v) is 16.7. The Morgan fingerprint density at radius 2 is 0.943 bits per heavy atom. The molecule has 0 N–H and O–H groups in total. The number of para-hydroxylation sites is 2. The van der Waals surface area contributed by atoms with E-state index in [2.05, 4.69) is 192 Å². The fraction of sp³-hybridized carbons (Fsp3) is 0.0800. The number of hydrogen-bond donors (Lipinski definition) is 0. The number of rotatable bonds is 5. The highest BCUT2D eigenvalue weighted by Gasteiger charge is 2.28. The predicted octanol–water partition coefficient (Wildman–Crippen LogP) is 14.9. The summed E-state index contributed by atoms with van der Waals surface area (Å²) < 4.78 is 2.38. The van der Waals surface area contributed by atoms with Gasteiger partial charge in [-0.2, -0.15) is 0 Å². The maximum Gasteiger partial charge on any atom is 0.0541 e. The van der Waals surface area contributed by atoms with Crippen molar-refractivity contribution in [2.45, 2.75) is 23.3 Å². The van der Waals surface area contributed by atoms with Crippen LogP contribution in [-0.2, 0) is 0 Å². The average molecular weight is 714 g/mol. The Labute approximate surface area is 317 Å². The van der Waals surface area contributed by atoms with E-state index in [0.717, 1.165) is 0 Å². The zero-order valence-corrected chi connectivity index (χ0v) is 30.7. The largest absolute Gasteiger partial charge is 0.309 e. The van der Waals surface area contributed by atoms with Crippen molar-refractivity contribution in [3.8, 4) is 27.9 Å². The number of aromatic nitrogens is 1. The van der Waals surface area contributed by atoms with E-state index < -0.39 is 0 Å². The van der Waals surface area contributed by atoms with Gasteiger partial charge in [-0.25, -0.2) is 0 Å². The number of thiophene rings is 1. The first kappa shape index (κ1) is 31.0. The number of hydrogen-bond acceptors (Lipinski definition) is 2. The van der Waals surface area contributed by atoms with Crippen LogP contribution in [0.4, 0.5) is 0 Å². The van der Waals surface area contributed by atoms with Crippen LogP contribution in [0.25, 0.3) is 82.1 Å². The van der Waals surface area contributed by atoms with Gasteiger partial charge in [0.15, 0.2) is 0 Å². The van der Waals surface area contributed by atoms with Gasteiger partial charge in [0.25, 0.3) is 0 Å². The molecule has 0 radical (unpaired) electrons. The fourth-order valence-electron chi connectivity index (χ4n) is 8.78. The second kappa shape index (κ2) is 12.5. The van der Waals surface area contributed by atoms with Crippen molar-refractivity contribution in [3.05, 3.63) is 186 Å². The molecule has 0 amide bonds. The van der Waals surface area contributed by atoms with E-state index in [1.54, 1.807) is 0 Å². The number of benzene rings is 8. The molecule has 1 saturated heterocycles. The van der Waals surface area contributed by atoms with Crippen molar-refractivity contribution in [3.63, 3.8) is 0 Å². The highest BCUT2D eigenvalue weighted by atomic mass is 32.2. The van der Waals surface area contributed by atoms with Gasteiger partial charge in [0.05, 0.1) is 11.0 Å². The van der Waals surface area contributed by atoms with E-state index in [-0.39, 0.29) is 0 Å². The summed E-state index contributed by atoms with van der Waals surface area (Å²) in [4.78, 5) is 1.52. The molecule has 53 heavy (non-hydrogen) atoms. The second-order valence-electron chi connectivity index (χ2n) is 14.3. The first-order valence-corrected chi connectivity index (χ1v) is 20.4. The third-order valence-electron chi connectivity index (χ3n) is 11.4. The molecule has 1 fully saturated rings. The molecule has 3 heterocycles. The zero-order valence-electron chi connectivity index (χ0n) is 29.1. The Hall–Kier alpha value is -5.61. The topological polar surface area (TPSA) is 4.93 Å². The number of thioether (sulfide) groups is 1. The Kier molecular flexibility index (Phi) is 7.31. The lowest BCUT2D eigenvalue weighted by Crippen LogP contribution is -1.92. The molecule has 0 aliphatic carbocycles. The van der Waals surface area contributed by atoms with Crippen LogP contribution in [-0.4, -0.2) is 4.57 Å². The maximum atomic E-state index is 2.41. The van der Waals surface area contributed by atoms with E-state index in [9.17, 15) is 0 Å². The summed E-state index contributed by atoms with van der Waals surface area (Å²) in [6, 6.07) is 63.4. The first-order valence-electron chi connectivity index (χ1n) is 18.5. The molecule has 1 aliphatic heterocycles. The Morgan fingerprint density at radius 1 is 0.396 bits per heavy atom. The molecule has 252 valence electrons. The van der Waals surface area contributed by atoms with Crippen molar-refractivity contribution in [1.29, 1.82) is 0 Å². The van der Waals surface area contributed by atoms with Gasteiger partial charge in [0.2, 0.25) is 0 Å². The summed E-state index contributed by atoms with van der Waals surface area (Å²) in [5.41, 5.74) is 10.1. The van der Waals surface area contributed by atoms with Crippen LogP contribution < -0.4 is 0 Å². The summed E-state index contributed by atoms with van der Waals surface area (Å²) in [5.74, 6) is 0. The third-order valence-corrected chi connectivity index (χ3v) is 14.1. The summed E-state index contributed by atoms with van der Waals surface area (Å²) in [5, 5.41) is 13.8. The molecule has 3 heteroatoms. The van der Waals surface area contributed by atoms with Crippen LogP contribution in [0.2, 0.25) is 0 Å². The molecular weight excluding hydrogens is 679 g/mol. The minimum absolute atomic E-state index is 0.574. The van der Waals surface area contributed by atoms with E-state index in [1.165, 1.54) is 105 Å². The van der Waals surface area contributed by atoms with E-state index >= 15 is 0 Å². The zero-order chi connectivity index (χ0) is 34.9. The summed E-state index contributed by atoms with van der Waals surface area (Å²) in [6.07, 6.45) is 2.51. The van der Waals surface area contributed by atoms with Gasteiger partial charge in [0, 0.05) is 31.8 Å². The van der Waals surface area contributed by atoms with Gasteiger partial charge < -0.3 is 4.57 Å². The monoisotopic (exact) mass is 713 g/mol.